The third kappa shape index (κ3) is 4.05. The van der Waals surface area contributed by atoms with Gasteiger partial charge >= 0.3 is 29.6 Å². The Kier molecular flexibility index (Phi) is 6.78. The molecule has 0 saturated carbocycles. The smallest absolute Gasteiger partial charge is 0.541 e. The summed E-state index contributed by atoms with van der Waals surface area (Å²) in [7, 11) is 0. The number of carbonyl (C=O) groups is 2. The van der Waals surface area contributed by atoms with Gasteiger partial charge in [0.25, 0.3) is 0 Å². The Balaban J connectivity index is 0. The van der Waals surface area contributed by atoms with Crippen molar-refractivity contribution in [3.63, 3.8) is 0 Å². The van der Waals surface area contributed by atoms with E-state index in [-0.39, 0.29) is 29.6 Å². The fourth-order valence-electron chi connectivity index (χ4n) is 0.0833. The molecule has 0 atom stereocenters. The number of rotatable bonds is 2. The van der Waals surface area contributed by atoms with Crippen LogP contribution in [-0.2, 0) is 9.59 Å². The number of carbonyl (C=O) groups excluding carboxylic acids is 2. The molecule has 0 aliphatic heterocycles. The third-order valence-corrected chi connectivity index (χ3v) is 0.387. The van der Waals surface area contributed by atoms with Crippen LogP contribution in [-0.4, -0.2) is 11.8 Å². The first kappa shape index (κ1) is 10.8. The summed E-state index contributed by atoms with van der Waals surface area (Å²) >= 11 is 0. The second-order valence-corrected chi connectivity index (χ2v) is 0.856. The average Bonchev–Trinajstić information content (AvgIpc) is 1.65. The first-order chi connectivity index (χ1) is 3.18. The molecule has 0 aromatic rings. The fourth-order valence-corrected chi connectivity index (χ4v) is 0.0833. The van der Waals surface area contributed by atoms with E-state index in [0.29, 0.717) is 6.08 Å². The van der Waals surface area contributed by atoms with Gasteiger partial charge in [-0.1, -0.05) is 6.58 Å². The van der Waals surface area contributed by atoms with E-state index in [1.807, 2.05) is 0 Å². The van der Waals surface area contributed by atoms with E-state index in [9.17, 15) is 14.7 Å². The maximum Gasteiger partial charge on any atom is 1.00 e. The van der Waals surface area contributed by atoms with Gasteiger partial charge in [-0.3, -0.25) is 4.79 Å². The molecule has 0 radical (unpaired) electrons. The van der Waals surface area contributed by atoms with Crippen molar-refractivity contribution >= 4 is 11.8 Å². The van der Waals surface area contributed by atoms with Crippen LogP contribution in [0.3, 0.4) is 0 Å². The van der Waals surface area contributed by atoms with E-state index in [1.165, 1.54) is 0 Å². The van der Waals surface area contributed by atoms with Crippen molar-refractivity contribution in [2.24, 2.45) is 0 Å². The van der Waals surface area contributed by atoms with E-state index in [2.05, 4.69) is 6.58 Å². The number of carboxylic acids is 1. The van der Waals surface area contributed by atoms with Crippen LogP contribution in [0, 0.1) is 0 Å². The largest absolute Gasteiger partial charge is 1.00 e. The standard InChI is InChI=1S/C4H4O3.Na/c1-2-3(5)4(6)7;/h2H,1H2,(H,6,7);/q;+1/p-1. The molecule has 0 aromatic heterocycles. The van der Waals surface area contributed by atoms with E-state index >= 15 is 0 Å². The van der Waals surface area contributed by atoms with Crippen LogP contribution in [0.2, 0.25) is 0 Å². The molecule has 0 aliphatic carbocycles. The van der Waals surface area contributed by atoms with Crippen LogP contribution in [0.1, 0.15) is 0 Å². The Morgan fingerprint density at radius 3 is 1.88 bits per heavy atom. The summed E-state index contributed by atoms with van der Waals surface area (Å²) < 4.78 is 0. The molecule has 0 aromatic carbocycles. The van der Waals surface area contributed by atoms with Gasteiger partial charge in [0.2, 0.25) is 5.78 Å². The zero-order valence-corrected chi connectivity index (χ0v) is 6.51. The summed E-state index contributed by atoms with van der Waals surface area (Å²) in [5.41, 5.74) is 0. The van der Waals surface area contributed by atoms with Crippen molar-refractivity contribution in [1.29, 1.82) is 0 Å². The van der Waals surface area contributed by atoms with Gasteiger partial charge in [0, 0.05) is 0 Å². The van der Waals surface area contributed by atoms with Crippen molar-refractivity contribution in [1.82, 2.24) is 0 Å². The molecule has 8 heavy (non-hydrogen) atoms. The molecule has 0 N–H and O–H groups in total. The Bertz CT molecular complexity index is 118. The molecule has 0 fully saturated rings. The van der Waals surface area contributed by atoms with Crippen LogP contribution in [0.4, 0.5) is 0 Å². The van der Waals surface area contributed by atoms with E-state index < -0.39 is 11.8 Å². The van der Waals surface area contributed by atoms with Crippen LogP contribution in [0.25, 0.3) is 0 Å². The zero-order chi connectivity index (χ0) is 5.86. The molecule has 4 heteroatoms. The fraction of sp³-hybridized carbons (Fsp3) is 0. The third-order valence-electron chi connectivity index (χ3n) is 0.387. The van der Waals surface area contributed by atoms with Gasteiger partial charge in [0.05, 0.1) is 0 Å². The molecule has 3 nitrogen and oxygen atoms in total. The van der Waals surface area contributed by atoms with Crippen LogP contribution < -0.4 is 34.7 Å². The average molecular weight is 122 g/mol. The van der Waals surface area contributed by atoms with E-state index in [1.54, 1.807) is 0 Å². The normalized spacial score (nSPS) is 6.50. The number of hydrogen-bond acceptors (Lipinski definition) is 3. The van der Waals surface area contributed by atoms with E-state index in [4.69, 9.17) is 0 Å². The minimum absolute atomic E-state index is 0. The first-order valence-electron chi connectivity index (χ1n) is 1.56. The maximum absolute atomic E-state index is 9.73. The summed E-state index contributed by atoms with van der Waals surface area (Å²) in [4.78, 5) is 19.1. The van der Waals surface area contributed by atoms with Crippen LogP contribution >= 0.6 is 0 Å². The molecule has 0 heterocycles. The summed E-state index contributed by atoms with van der Waals surface area (Å²) in [6.45, 7) is 2.91. The van der Waals surface area contributed by atoms with Gasteiger partial charge in [-0.25, -0.2) is 0 Å². The predicted octanol–water partition coefficient (Wildman–Crippen LogP) is -4.50. The van der Waals surface area contributed by atoms with Gasteiger partial charge in [-0.15, -0.1) is 0 Å². The van der Waals surface area contributed by atoms with Gasteiger partial charge in [0.15, 0.2) is 0 Å². The first-order valence-corrected chi connectivity index (χ1v) is 1.56. The van der Waals surface area contributed by atoms with Crippen LogP contribution in [0.5, 0.6) is 0 Å². The molecule has 0 amide bonds. The number of hydrogen-bond donors (Lipinski definition) is 0. The van der Waals surface area contributed by atoms with Crippen molar-refractivity contribution < 1.29 is 44.3 Å². The molecule has 0 unspecified atom stereocenters. The molecule has 38 valence electrons. The zero-order valence-electron chi connectivity index (χ0n) is 4.51. The Morgan fingerprint density at radius 1 is 1.50 bits per heavy atom. The van der Waals surface area contributed by atoms with Crippen molar-refractivity contribution in [3.05, 3.63) is 12.7 Å². The number of carboxylic acid groups (broad SMARTS) is 1. The second kappa shape index (κ2) is 5.03. The molecular weight excluding hydrogens is 119 g/mol. The SMILES string of the molecule is C=CC(=O)C(=O)[O-].[Na+]. The minimum atomic E-state index is -1.71. The summed E-state index contributed by atoms with van der Waals surface area (Å²) in [6, 6.07) is 0. The van der Waals surface area contributed by atoms with E-state index in [0.717, 1.165) is 0 Å². The van der Waals surface area contributed by atoms with Gasteiger partial charge in [0.1, 0.15) is 5.97 Å². The summed E-state index contributed by atoms with van der Waals surface area (Å²) in [5, 5.41) is 9.40. The van der Waals surface area contributed by atoms with Crippen molar-refractivity contribution in [3.8, 4) is 0 Å². The second-order valence-electron chi connectivity index (χ2n) is 0.856. The quantitative estimate of drug-likeness (QED) is 0.211. The molecular formula is C4H3NaO3. The monoisotopic (exact) mass is 122 g/mol. The van der Waals surface area contributed by atoms with Crippen LogP contribution in [0.15, 0.2) is 12.7 Å². The minimum Gasteiger partial charge on any atom is -0.541 e. The topological polar surface area (TPSA) is 57.2 Å². The van der Waals surface area contributed by atoms with Gasteiger partial charge in [-0.2, -0.15) is 0 Å². The van der Waals surface area contributed by atoms with Crippen molar-refractivity contribution in [2.45, 2.75) is 0 Å². The Hall–Kier alpha value is -0.120. The van der Waals surface area contributed by atoms with Crippen molar-refractivity contribution in [2.75, 3.05) is 0 Å². The number of aliphatic carboxylic acids is 1. The predicted molar refractivity (Wildman–Crippen MR) is 20.2 cm³/mol. The Morgan fingerprint density at radius 2 is 1.88 bits per heavy atom. The molecule has 0 saturated heterocycles. The molecule has 0 spiro atoms. The van der Waals surface area contributed by atoms with Gasteiger partial charge < -0.3 is 9.90 Å². The van der Waals surface area contributed by atoms with Gasteiger partial charge in [-0.05, 0) is 6.08 Å². The molecule has 0 rings (SSSR count). The maximum atomic E-state index is 9.73. The Labute approximate surface area is 68.7 Å². The summed E-state index contributed by atoms with van der Waals surface area (Å²) in [5.74, 6) is -2.80. The molecule has 0 aliphatic rings. The summed E-state index contributed by atoms with van der Waals surface area (Å²) in [6.07, 6.45) is 0.690. The molecule has 0 bridgehead atoms. The number of ketones is 1.